The summed E-state index contributed by atoms with van der Waals surface area (Å²) < 4.78 is 20.8. The van der Waals surface area contributed by atoms with Crippen LogP contribution in [-0.2, 0) is 19.1 Å². The van der Waals surface area contributed by atoms with E-state index in [4.69, 9.17) is 29.9 Å². The average molecular weight is 738 g/mol. The molecule has 0 saturated heterocycles. The van der Waals surface area contributed by atoms with Gasteiger partial charge in [-0.15, -0.1) is 11.8 Å². The largest absolute Gasteiger partial charge is 0.481 e. The summed E-state index contributed by atoms with van der Waals surface area (Å²) in [5.74, 6) is 9.62. The lowest BCUT2D eigenvalue weighted by atomic mass is 9.94. The fourth-order valence-corrected chi connectivity index (χ4v) is 4.16. The van der Waals surface area contributed by atoms with Crippen LogP contribution in [0, 0.1) is 23.7 Å². The fourth-order valence-electron chi connectivity index (χ4n) is 4.16. The first-order chi connectivity index (χ1) is 24.7. The molecule has 2 atom stereocenters. The monoisotopic (exact) mass is 737 g/mol. The highest BCUT2D eigenvalue weighted by Crippen LogP contribution is 2.17. The van der Waals surface area contributed by atoms with Gasteiger partial charge in [-0.2, -0.15) is 0 Å². The Balaban J connectivity index is 0.000000549. The molecule has 0 aliphatic heterocycles. The summed E-state index contributed by atoms with van der Waals surface area (Å²) in [5, 5.41) is 16.5. The highest BCUT2D eigenvalue weighted by molar-refractivity contribution is 5.98. The van der Waals surface area contributed by atoms with Crippen molar-refractivity contribution in [2.75, 3.05) is 20.3 Å². The van der Waals surface area contributed by atoms with Crippen LogP contribution in [0.5, 0.6) is 11.5 Å². The number of ether oxygens (including phenoxy) is 4. The molecule has 15 heteroatoms. The van der Waals surface area contributed by atoms with Gasteiger partial charge in [-0.1, -0.05) is 11.8 Å². The third-order valence-corrected chi connectivity index (χ3v) is 6.86. The van der Waals surface area contributed by atoms with Gasteiger partial charge in [0.1, 0.15) is 42.4 Å². The number of hydrogen-bond donors (Lipinski definition) is 6. The molecular weight excluding hydrogens is 686 g/mol. The van der Waals surface area contributed by atoms with E-state index >= 15 is 0 Å². The Bertz CT molecular complexity index is 1670. The quantitative estimate of drug-likeness (QED) is 0.0760. The number of nitrogens with two attached hydrogens (primary N) is 1. The van der Waals surface area contributed by atoms with E-state index in [9.17, 15) is 24.0 Å². The Morgan fingerprint density at radius 3 is 1.49 bits per heavy atom. The number of hydrogen-bond acceptors (Lipinski definition) is 11. The maximum absolute atomic E-state index is 12.7. The van der Waals surface area contributed by atoms with Crippen molar-refractivity contribution in [3.8, 4) is 35.2 Å². The molecule has 2 aromatic carbocycles. The van der Waals surface area contributed by atoms with Crippen LogP contribution in [0.25, 0.3) is 0 Å². The molecule has 0 fully saturated rings. The average Bonchev–Trinajstić information content (AvgIpc) is 3.08. The number of rotatable bonds is 13. The minimum absolute atomic E-state index is 0.247. The van der Waals surface area contributed by atoms with Gasteiger partial charge < -0.3 is 40.6 Å². The number of alkyl carbamates (subject to hydrolysis) is 1. The third-order valence-electron chi connectivity index (χ3n) is 6.86. The fraction of sp³-hybridized carbons (Fsp3) is 0.447. The second-order valence-corrected chi connectivity index (χ2v) is 13.5. The lowest BCUT2D eigenvalue weighted by molar-refractivity contribution is -0.144. The molecule has 7 N–H and O–H groups in total. The van der Waals surface area contributed by atoms with Crippen LogP contribution in [0.4, 0.5) is 4.79 Å². The number of nitrogens with one attached hydrogen (secondary N) is 4. The lowest BCUT2D eigenvalue weighted by Crippen LogP contribution is -2.62. The number of amides is 4. The molecule has 15 nitrogen and oxygen atoms in total. The van der Waals surface area contributed by atoms with Gasteiger partial charge in [0, 0.05) is 16.7 Å². The first-order valence-electron chi connectivity index (χ1n) is 16.4. The molecule has 288 valence electrons. The molecule has 0 aliphatic rings. The predicted molar refractivity (Wildman–Crippen MR) is 197 cm³/mol. The summed E-state index contributed by atoms with van der Waals surface area (Å²) in [5.41, 5.74) is 5.05. The Morgan fingerprint density at radius 1 is 0.736 bits per heavy atom. The molecule has 0 aromatic heterocycles. The van der Waals surface area contributed by atoms with Crippen LogP contribution in [0.2, 0.25) is 0 Å². The highest BCUT2D eigenvalue weighted by Gasteiger charge is 2.40. The van der Waals surface area contributed by atoms with Crippen molar-refractivity contribution in [3.05, 3.63) is 59.7 Å². The number of methoxy groups -OCH3 is 1. The summed E-state index contributed by atoms with van der Waals surface area (Å²) in [7, 11) is 1.20. The Morgan fingerprint density at radius 2 is 1.15 bits per heavy atom. The highest BCUT2D eigenvalue weighted by atomic mass is 16.6. The van der Waals surface area contributed by atoms with Crippen molar-refractivity contribution < 1.29 is 48.1 Å². The Labute approximate surface area is 311 Å². The van der Waals surface area contributed by atoms with E-state index in [-0.39, 0.29) is 13.2 Å². The summed E-state index contributed by atoms with van der Waals surface area (Å²) >= 11 is 0. The van der Waals surface area contributed by atoms with E-state index in [1.165, 1.54) is 12.6 Å². The van der Waals surface area contributed by atoms with E-state index < -0.39 is 58.5 Å². The third kappa shape index (κ3) is 16.4. The van der Waals surface area contributed by atoms with Crippen molar-refractivity contribution in [2.24, 2.45) is 5.73 Å². The van der Waals surface area contributed by atoms with Gasteiger partial charge in [-0.05, 0) is 111 Å². The number of carbonyl (C=O) groups is 5. The van der Waals surface area contributed by atoms with Crippen LogP contribution >= 0.6 is 0 Å². The van der Waals surface area contributed by atoms with Crippen molar-refractivity contribution >= 4 is 29.8 Å². The molecule has 0 unspecified atom stereocenters. The number of benzene rings is 2. The minimum Gasteiger partial charge on any atom is -0.481 e. The molecule has 0 bridgehead atoms. The van der Waals surface area contributed by atoms with Crippen molar-refractivity contribution in [2.45, 2.75) is 91.1 Å². The van der Waals surface area contributed by atoms with E-state index in [1.54, 1.807) is 111 Å². The molecule has 0 radical (unpaired) electrons. The topological polar surface area (TPSA) is 217 Å². The second-order valence-electron chi connectivity index (χ2n) is 13.5. The number of hydroxylamine groups is 1. The van der Waals surface area contributed by atoms with Gasteiger partial charge in [0.15, 0.2) is 0 Å². The lowest BCUT2D eigenvalue weighted by Gasteiger charge is -2.34. The van der Waals surface area contributed by atoms with E-state index in [2.05, 4.69) is 39.6 Å². The van der Waals surface area contributed by atoms with Gasteiger partial charge in [0.2, 0.25) is 0 Å². The van der Waals surface area contributed by atoms with Crippen LogP contribution in [0.3, 0.4) is 0 Å². The van der Waals surface area contributed by atoms with Gasteiger partial charge in [-0.3, -0.25) is 19.6 Å². The molecule has 2 aromatic rings. The van der Waals surface area contributed by atoms with Crippen molar-refractivity contribution in [3.63, 3.8) is 0 Å². The van der Waals surface area contributed by atoms with Gasteiger partial charge in [-0.25, -0.2) is 15.1 Å². The van der Waals surface area contributed by atoms with Crippen LogP contribution < -0.4 is 36.6 Å². The van der Waals surface area contributed by atoms with Crippen LogP contribution in [0.15, 0.2) is 48.5 Å². The van der Waals surface area contributed by atoms with E-state index in [0.29, 0.717) is 22.6 Å². The SMILES string of the molecule is CC#CCOc1ccc(C(=O)N[C@H](C(=O)NO)C(C)(C)N)cc1.CC#CCOc1ccc(C(=O)N[C@H](C(=O)OC)C(C)(C)NC(=O)OC(C)(C)C)cc1. The van der Waals surface area contributed by atoms with Gasteiger partial charge in [0.25, 0.3) is 17.7 Å². The van der Waals surface area contributed by atoms with E-state index in [1.807, 2.05) is 0 Å². The first kappa shape index (κ1) is 45.3. The molecule has 0 aliphatic carbocycles. The summed E-state index contributed by atoms with van der Waals surface area (Å²) in [6, 6.07) is 10.5. The smallest absolute Gasteiger partial charge is 0.408 e. The zero-order chi connectivity index (χ0) is 40.4. The van der Waals surface area contributed by atoms with Gasteiger partial charge in [0.05, 0.1) is 12.6 Å². The molecule has 0 saturated carbocycles. The molecule has 0 heterocycles. The zero-order valence-electron chi connectivity index (χ0n) is 31.9. The van der Waals surface area contributed by atoms with E-state index in [0.717, 1.165) is 0 Å². The molecule has 2 rings (SSSR count). The number of carbonyl (C=O) groups excluding carboxylic acids is 5. The zero-order valence-corrected chi connectivity index (χ0v) is 31.9. The minimum atomic E-state index is -1.19. The van der Waals surface area contributed by atoms with Gasteiger partial charge >= 0.3 is 12.1 Å². The normalized spacial score (nSPS) is 11.8. The second kappa shape index (κ2) is 20.9. The van der Waals surface area contributed by atoms with Crippen LogP contribution in [-0.4, -0.2) is 84.1 Å². The molecule has 4 amide bonds. The maximum Gasteiger partial charge on any atom is 0.408 e. The number of esters is 1. The molecule has 53 heavy (non-hydrogen) atoms. The molecular formula is C38H51N5O10. The maximum atomic E-state index is 12.7. The van der Waals surface area contributed by atoms with Crippen molar-refractivity contribution in [1.29, 1.82) is 0 Å². The molecule has 0 spiro atoms. The first-order valence-corrected chi connectivity index (χ1v) is 16.4. The predicted octanol–water partition coefficient (Wildman–Crippen LogP) is 3.09. The van der Waals surface area contributed by atoms with Crippen molar-refractivity contribution in [1.82, 2.24) is 21.4 Å². The summed E-state index contributed by atoms with van der Waals surface area (Å²) in [4.78, 5) is 61.0. The Kier molecular flexibility index (Phi) is 17.9. The summed E-state index contributed by atoms with van der Waals surface area (Å²) in [6.07, 6.45) is -0.715. The summed E-state index contributed by atoms with van der Waals surface area (Å²) in [6.45, 7) is 15.4. The van der Waals surface area contributed by atoms with Crippen LogP contribution in [0.1, 0.15) is 83.0 Å². The Hall–Kier alpha value is -5.77. The standard InChI is InChI=1S/C22H30N2O6.C16H21N3O4/c1-8-9-14-29-16-12-10-15(11-13-16)18(25)23-17(19(26)28-7)22(5,6)24-20(27)30-21(2,3)4;1-4-5-10-23-12-8-6-11(7-9-12)14(20)18-13(15(21)19-22)16(2,3)17/h10-13,17H,14H2,1-7H3,(H,23,25)(H,24,27);6-9,13,22H,10,17H2,1-3H3,(H,18,20)(H,19,21)/t17-;13-/m11/s1.